The van der Waals surface area contributed by atoms with Crippen molar-refractivity contribution >= 4 is 27.5 Å². The van der Waals surface area contributed by atoms with Crippen LogP contribution < -0.4 is 15.0 Å². The SMILES string of the molecule is C#Cc1c(F)ccc2cccc(-c3ncc4c(N(C)[C@@H]5CCN[C@@H]5C)nc(O[C@@H](C)[C@@H]5CCCN5C)nc4c3F)c12. The second-order valence-electron chi connectivity index (χ2n) is 11.2. The minimum Gasteiger partial charge on any atom is -0.459 e. The normalized spacial score (nSPS) is 21.8. The van der Waals surface area contributed by atoms with Gasteiger partial charge < -0.3 is 15.0 Å². The van der Waals surface area contributed by atoms with Crippen molar-refractivity contribution in [2.24, 2.45) is 0 Å². The molecule has 2 aromatic carbocycles. The second kappa shape index (κ2) is 10.8. The molecule has 41 heavy (non-hydrogen) atoms. The lowest BCUT2D eigenvalue weighted by Gasteiger charge is -2.30. The number of ether oxygens (including phenoxy) is 1. The minimum absolute atomic E-state index is 0.0444. The number of pyridine rings is 1. The molecule has 6 rings (SSSR count). The van der Waals surface area contributed by atoms with Gasteiger partial charge in [0.1, 0.15) is 28.9 Å². The van der Waals surface area contributed by atoms with Gasteiger partial charge in [-0.15, -0.1) is 6.42 Å². The van der Waals surface area contributed by atoms with E-state index in [-0.39, 0.29) is 47.0 Å². The molecule has 0 unspecified atom stereocenters. The smallest absolute Gasteiger partial charge is 0.319 e. The maximum Gasteiger partial charge on any atom is 0.319 e. The van der Waals surface area contributed by atoms with E-state index in [0.29, 0.717) is 27.5 Å². The lowest BCUT2D eigenvalue weighted by atomic mass is 9.96. The van der Waals surface area contributed by atoms with Gasteiger partial charge >= 0.3 is 6.01 Å². The van der Waals surface area contributed by atoms with Crippen LogP contribution in [0.25, 0.3) is 32.9 Å². The van der Waals surface area contributed by atoms with Crippen molar-refractivity contribution in [2.45, 2.75) is 57.3 Å². The fourth-order valence-corrected chi connectivity index (χ4v) is 6.53. The van der Waals surface area contributed by atoms with Gasteiger partial charge in [-0.2, -0.15) is 9.97 Å². The summed E-state index contributed by atoms with van der Waals surface area (Å²) in [5.41, 5.74) is 0.620. The van der Waals surface area contributed by atoms with Gasteiger partial charge in [-0.25, -0.2) is 8.78 Å². The van der Waals surface area contributed by atoms with Gasteiger partial charge in [0.15, 0.2) is 5.82 Å². The molecule has 4 aromatic rings. The molecular formula is C32H34F2N6O. The van der Waals surface area contributed by atoms with E-state index in [1.165, 1.54) is 6.07 Å². The van der Waals surface area contributed by atoms with Gasteiger partial charge in [0.05, 0.1) is 10.9 Å². The highest BCUT2D eigenvalue weighted by Gasteiger charge is 2.32. The summed E-state index contributed by atoms with van der Waals surface area (Å²) in [6.07, 6.45) is 10.1. The van der Waals surface area contributed by atoms with Crippen LogP contribution in [-0.2, 0) is 0 Å². The fourth-order valence-electron chi connectivity index (χ4n) is 6.53. The van der Waals surface area contributed by atoms with E-state index in [4.69, 9.17) is 16.1 Å². The summed E-state index contributed by atoms with van der Waals surface area (Å²) in [5.74, 6) is 1.82. The number of benzene rings is 2. The Kier molecular flexibility index (Phi) is 7.22. The molecule has 2 aliphatic heterocycles. The Hall–Kier alpha value is -3.87. The van der Waals surface area contributed by atoms with Crippen LogP contribution in [0.2, 0.25) is 0 Å². The van der Waals surface area contributed by atoms with Gasteiger partial charge in [-0.1, -0.05) is 30.2 Å². The number of halogens is 2. The predicted octanol–water partition coefficient (Wildman–Crippen LogP) is 5.15. The zero-order valence-electron chi connectivity index (χ0n) is 23.8. The van der Waals surface area contributed by atoms with Crippen LogP contribution in [0, 0.1) is 24.0 Å². The first kappa shape index (κ1) is 27.3. The number of aromatic nitrogens is 3. The molecule has 212 valence electrons. The maximum atomic E-state index is 16.6. The summed E-state index contributed by atoms with van der Waals surface area (Å²) in [6, 6.07) is 8.98. The van der Waals surface area contributed by atoms with Gasteiger partial charge in [-0.3, -0.25) is 9.88 Å². The molecular weight excluding hydrogens is 522 g/mol. The minimum atomic E-state index is -0.632. The summed E-state index contributed by atoms with van der Waals surface area (Å²) in [7, 11) is 4.05. The van der Waals surface area contributed by atoms with E-state index in [9.17, 15) is 4.39 Å². The Morgan fingerprint density at radius 1 is 1.20 bits per heavy atom. The largest absolute Gasteiger partial charge is 0.459 e. The van der Waals surface area contributed by atoms with Gasteiger partial charge in [0.25, 0.3) is 0 Å². The third kappa shape index (κ3) is 4.75. The number of likely N-dealkylation sites (N-methyl/N-ethyl adjacent to an activating group) is 2. The van der Waals surface area contributed by atoms with Crippen molar-refractivity contribution in [1.29, 1.82) is 0 Å². The number of nitrogens with one attached hydrogen (secondary N) is 1. The number of fused-ring (bicyclic) bond motifs is 2. The van der Waals surface area contributed by atoms with Crippen LogP contribution in [-0.4, -0.2) is 71.3 Å². The molecule has 4 heterocycles. The van der Waals surface area contributed by atoms with Crippen molar-refractivity contribution in [3.8, 4) is 29.6 Å². The number of hydrogen-bond acceptors (Lipinski definition) is 7. The number of rotatable bonds is 6. The van der Waals surface area contributed by atoms with Gasteiger partial charge in [-0.05, 0) is 64.7 Å². The number of nitrogens with zero attached hydrogens (tertiary/aromatic N) is 5. The average Bonchev–Trinajstić information content (AvgIpc) is 3.60. The molecule has 0 amide bonds. The highest BCUT2D eigenvalue weighted by Crippen LogP contribution is 2.37. The molecule has 2 aromatic heterocycles. The van der Waals surface area contributed by atoms with E-state index in [1.807, 2.05) is 20.0 Å². The molecule has 2 aliphatic rings. The highest BCUT2D eigenvalue weighted by atomic mass is 19.1. The van der Waals surface area contributed by atoms with Crippen LogP contribution in [0.3, 0.4) is 0 Å². The average molecular weight is 557 g/mol. The van der Waals surface area contributed by atoms with Crippen molar-refractivity contribution in [3.05, 3.63) is 53.7 Å². The number of hydrogen-bond donors (Lipinski definition) is 1. The standard InChI is InChI=1S/C32H34F2N6O/c1-6-21-24(33)13-12-20-9-7-10-22(27(20)21)29-28(34)30-23(17-36-29)31(40(5)25-14-15-35-18(25)2)38-32(37-30)41-19(3)26-11-8-16-39(26)4/h1,7,9-10,12-13,17-19,25-26,35H,8,11,14-16H2,2-5H3/t18-,19+,25-,26+/m1/s1. The third-order valence-electron chi connectivity index (χ3n) is 8.76. The van der Waals surface area contributed by atoms with Crippen LogP contribution in [0.5, 0.6) is 6.01 Å². The monoisotopic (exact) mass is 556 g/mol. The van der Waals surface area contributed by atoms with Crippen molar-refractivity contribution in [2.75, 3.05) is 32.1 Å². The number of terminal acetylenes is 1. The molecule has 0 radical (unpaired) electrons. The van der Waals surface area contributed by atoms with E-state index in [0.717, 1.165) is 32.4 Å². The lowest BCUT2D eigenvalue weighted by molar-refractivity contribution is 0.112. The summed E-state index contributed by atoms with van der Waals surface area (Å²) < 4.78 is 37.6. The van der Waals surface area contributed by atoms with Crippen LogP contribution in [0.1, 0.15) is 38.7 Å². The van der Waals surface area contributed by atoms with E-state index in [2.05, 4.69) is 45.0 Å². The van der Waals surface area contributed by atoms with Crippen molar-refractivity contribution in [3.63, 3.8) is 0 Å². The fraction of sp³-hybridized carbons (Fsp3) is 0.406. The second-order valence-corrected chi connectivity index (χ2v) is 11.2. The molecule has 2 saturated heterocycles. The van der Waals surface area contributed by atoms with Crippen molar-refractivity contribution < 1.29 is 13.5 Å². The van der Waals surface area contributed by atoms with Crippen LogP contribution >= 0.6 is 0 Å². The first-order valence-electron chi connectivity index (χ1n) is 14.2. The van der Waals surface area contributed by atoms with Crippen molar-refractivity contribution in [1.82, 2.24) is 25.2 Å². The first-order chi connectivity index (χ1) is 19.8. The zero-order valence-corrected chi connectivity index (χ0v) is 23.8. The number of anilines is 1. The van der Waals surface area contributed by atoms with Crippen LogP contribution in [0.15, 0.2) is 36.5 Å². The quantitative estimate of drug-likeness (QED) is 0.330. The van der Waals surface area contributed by atoms with E-state index >= 15 is 4.39 Å². The Labute approximate surface area is 238 Å². The molecule has 4 atom stereocenters. The number of likely N-dealkylation sites (tertiary alicyclic amines) is 1. The van der Waals surface area contributed by atoms with Gasteiger partial charge in [0, 0.05) is 42.3 Å². The summed E-state index contributed by atoms with van der Waals surface area (Å²) in [6.45, 7) is 6.03. The molecule has 7 nitrogen and oxygen atoms in total. The Morgan fingerprint density at radius 3 is 2.73 bits per heavy atom. The Morgan fingerprint density at radius 2 is 2.02 bits per heavy atom. The molecule has 9 heteroatoms. The third-order valence-corrected chi connectivity index (χ3v) is 8.76. The molecule has 0 aliphatic carbocycles. The summed E-state index contributed by atoms with van der Waals surface area (Å²) in [5, 5.41) is 5.09. The molecule has 0 spiro atoms. The predicted molar refractivity (Wildman–Crippen MR) is 158 cm³/mol. The topological polar surface area (TPSA) is 66.4 Å². The summed E-state index contributed by atoms with van der Waals surface area (Å²) in [4.78, 5) is 18.3. The lowest BCUT2D eigenvalue weighted by Crippen LogP contribution is -2.41. The zero-order chi connectivity index (χ0) is 28.8. The summed E-state index contributed by atoms with van der Waals surface area (Å²) >= 11 is 0. The van der Waals surface area contributed by atoms with Crippen LogP contribution in [0.4, 0.5) is 14.6 Å². The Balaban J connectivity index is 1.53. The van der Waals surface area contributed by atoms with E-state index < -0.39 is 11.6 Å². The maximum absolute atomic E-state index is 16.6. The van der Waals surface area contributed by atoms with E-state index in [1.54, 1.807) is 24.4 Å². The molecule has 0 bridgehead atoms. The highest BCUT2D eigenvalue weighted by molar-refractivity contribution is 6.02. The molecule has 1 N–H and O–H groups in total. The Bertz CT molecular complexity index is 1670. The molecule has 0 saturated carbocycles. The van der Waals surface area contributed by atoms with Gasteiger partial charge in [0.2, 0.25) is 0 Å². The molecule has 2 fully saturated rings. The first-order valence-corrected chi connectivity index (χ1v) is 14.2.